The van der Waals surface area contributed by atoms with Crippen LogP contribution in [0.15, 0.2) is 0 Å². The molecule has 3 heterocycles. The van der Waals surface area contributed by atoms with Crippen molar-refractivity contribution in [1.29, 1.82) is 0 Å². The lowest BCUT2D eigenvalue weighted by molar-refractivity contribution is 1.02. The van der Waals surface area contributed by atoms with Gasteiger partial charge in [-0.25, -0.2) is 0 Å². The first-order valence-electron chi connectivity index (χ1n) is 3.70. The largest absolute Gasteiger partial charge is 0.338 e. The highest BCUT2D eigenvalue weighted by Gasteiger charge is 2.14. The van der Waals surface area contributed by atoms with Crippen molar-refractivity contribution in [2.24, 2.45) is 7.05 Å². The standard InChI is InChI=1S/C7H3NS6/c1-8-2-4(11-13-6(2)9)5-3(8)7(10)14-12-5/h1H3. The third kappa shape index (κ3) is 1.08. The van der Waals surface area contributed by atoms with E-state index >= 15 is 0 Å². The Bertz CT molecular complexity index is 670. The van der Waals surface area contributed by atoms with Crippen molar-refractivity contribution in [3.05, 3.63) is 7.65 Å². The molecule has 72 valence electrons. The van der Waals surface area contributed by atoms with E-state index in [0.717, 1.165) is 7.65 Å². The molecule has 3 aromatic rings. The van der Waals surface area contributed by atoms with Gasteiger partial charge >= 0.3 is 0 Å². The Balaban J connectivity index is 2.85. The molecule has 0 aliphatic heterocycles. The van der Waals surface area contributed by atoms with Gasteiger partial charge in [-0.2, -0.15) is 0 Å². The van der Waals surface area contributed by atoms with E-state index in [4.69, 9.17) is 24.4 Å². The molecule has 0 amide bonds. The van der Waals surface area contributed by atoms with Crippen molar-refractivity contribution in [3.8, 4) is 0 Å². The fourth-order valence-electron chi connectivity index (χ4n) is 1.48. The van der Waals surface area contributed by atoms with Crippen molar-refractivity contribution in [1.82, 2.24) is 4.57 Å². The summed E-state index contributed by atoms with van der Waals surface area (Å²) >= 11 is 10.6. The Morgan fingerprint density at radius 3 is 1.71 bits per heavy atom. The van der Waals surface area contributed by atoms with Crippen LogP contribution in [0.3, 0.4) is 0 Å². The fraction of sp³-hybridized carbons (Fsp3) is 0.143. The molecule has 0 spiro atoms. The summed E-state index contributed by atoms with van der Waals surface area (Å²) in [4.78, 5) is 0. The van der Waals surface area contributed by atoms with Gasteiger partial charge in [0.1, 0.15) is 7.65 Å². The van der Waals surface area contributed by atoms with Crippen molar-refractivity contribution >= 4 is 86.2 Å². The SMILES string of the molecule is Cn1c2c(=S)ssc2c2ssc(=S)c21. The maximum absolute atomic E-state index is 5.31. The Morgan fingerprint density at radius 1 is 0.857 bits per heavy atom. The molecule has 3 aromatic heterocycles. The van der Waals surface area contributed by atoms with Crippen molar-refractivity contribution in [3.63, 3.8) is 0 Å². The van der Waals surface area contributed by atoms with Gasteiger partial charge < -0.3 is 4.57 Å². The van der Waals surface area contributed by atoms with Crippen LogP contribution in [-0.2, 0) is 7.05 Å². The van der Waals surface area contributed by atoms with Gasteiger partial charge in [0.15, 0.2) is 0 Å². The van der Waals surface area contributed by atoms with E-state index in [2.05, 4.69) is 11.6 Å². The minimum Gasteiger partial charge on any atom is -0.338 e. The molecule has 7 heteroatoms. The van der Waals surface area contributed by atoms with Crippen LogP contribution in [0.25, 0.3) is 20.4 Å². The van der Waals surface area contributed by atoms with Gasteiger partial charge in [-0.15, -0.1) is 0 Å². The van der Waals surface area contributed by atoms with E-state index in [9.17, 15) is 0 Å². The zero-order valence-corrected chi connectivity index (χ0v) is 11.8. The van der Waals surface area contributed by atoms with Gasteiger partial charge in [0.05, 0.1) is 20.4 Å². The summed E-state index contributed by atoms with van der Waals surface area (Å²) in [6.07, 6.45) is 0. The highest BCUT2D eigenvalue weighted by molar-refractivity contribution is 7.83. The molecule has 1 nitrogen and oxygen atoms in total. The Labute approximate surface area is 105 Å². The minimum atomic E-state index is 0.982. The second kappa shape index (κ2) is 3.16. The van der Waals surface area contributed by atoms with Crippen LogP contribution in [0.5, 0.6) is 0 Å². The molecule has 0 fully saturated rings. The molecule has 0 N–H and O–H groups in total. The lowest BCUT2D eigenvalue weighted by Gasteiger charge is -1.90. The van der Waals surface area contributed by atoms with E-state index in [1.54, 1.807) is 41.4 Å². The summed E-state index contributed by atoms with van der Waals surface area (Å²) in [5, 5.41) is 0. The van der Waals surface area contributed by atoms with Gasteiger partial charge in [-0.1, -0.05) is 65.8 Å². The van der Waals surface area contributed by atoms with Gasteiger partial charge in [-0.3, -0.25) is 0 Å². The predicted octanol–water partition coefficient (Wildman–Crippen LogP) is 5.04. The van der Waals surface area contributed by atoms with Crippen LogP contribution in [-0.4, -0.2) is 4.57 Å². The van der Waals surface area contributed by atoms with Crippen LogP contribution in [0.1, 0.15) is 0 Å². The Kier molecular flexibility index (Phi) is 2.16. The van der Waals surface area contributed by atoms with Crippen molar-refractivity contribution in [2.45, 2.75) is 0 Å². The number of hydrogen-bond donors (Lipinski definition) is 0. The lowest BCUT2D eigenvalue weighted by atomic mass is 10.5. The van der Waals surface area contributed by atoms with Gasteiger partial charge in [0.2, 0.25) is 0 Å². The molecule has 0 unspecified atom stereocenters. The van der Waals surface area contributed by atoms with Crippen molar-refractivity contribution < 1.29 is 0 Å². The maximum atomic E-state index is 5.31. The molecule has 14 heavy (non-hydrogen) atoms. The number of fused-ring (bicyclic) bond motifs is 3. The molecule has 0 aromatic carbocycles. The van der Waals surface area contributed by atoms with Crippen LogP contribution >= 0.6 is 65.8 Å². The Hall–Kier alpha value is 0.340. The van der Waals surface area contributed by atoms with Gasteiger partial charge in [0.25, 0.3) is 0 Å². The van der Waals surface area contributed by atoms with Crippen LogP contribution < -0.4 is 0 Å². The molecular formula is C7H3NS6. The van der Waals surface area contributed by atoms with Crippen LogP contribution in [0.2, 0.25) is 0 Å². The molecule has 3 rings (SSSR count). The number of nitrogens with zero attached hydrogens (tertiary/aromatic N) is 1. The van der Waals surface area contributed by atoms with E-state index < -0.39 is 0 Å². The van der Waals surface area contributed by atoms with E-state index in [1.807, 2.05) is 0 Å². The highest BCUT2D eigenvalue weighted by atomic mass is 32.9. The molecule has 0 bridgehead atoms. The van der Waals surface area contributed by atoms with Crippen LogP contribution in [0.4, 0.5) is 0 Å². The second-order valence-corrected chi connectivity index (χ2v) is 8.46. The number of aromatic nitrogens is 1. The first-order valence-corrected chi connectivity index (χ1v) is 8.82. The quantitative estimate of drug-likeness (QED) is 0.423. The number of hydrogen-bond acceptors (Lipinski definition) is 6. The Morgan fingerprint density at radius 2 is 1.29 bits per heavy atom. The summed E-state index contributed by atoms with van der Waals surface area (Å²) in [6.45, 7) is 0. The molecular weight excluding hydrogens is 290 g/mol. The molecule has 0 aliphatic carbocycles. The normalized spacial score (nSPS) is 11.8. The molecule has 0 radical (unpaired) electrons. The van der Waals surface area contributed by atoms with Gasteiger partial charge in [0, 0.05) is 7.05 Å². The predicted molar refractivity (Wildman–Crippen MR) is 73.6 cm³/mol. The summed E-state index contributed by atoms with van der Waals surface area (Å²) in [6, 6.07) is 0. The van der Waals surface area contributed by atoms with E-state index in [-0.39, 0.29) is 0 Å². The zero-order valence-electron chi connectivity index (χ0n) is 6.90. The van der Waals surface area contributed by atoms with Crippen molar-refractivity contribution in [2.75, 3.05) is 0 Å². The molecule has 0 atom stereocenters. The summed E-state index contributed by atoms with van der Waals surface area (Å²) in [5.74, 6) is 0. The minimum absolute atomic E-state index is 0.982. The van der Waals surface area contributed by atoms with Crippen LogP contribution in [0, 0.1) is 7.65 Å². The number of aryl methyl sites for hydroxylation is 1. The average Bonchev–Trinajstić information content (AvgIpc) is 2.74. The molecule has 0 aliphatic rings. The molecule has 0 saturated heterocycles. The monoisotopic (exact) mass is 293 g/mol. The first kappa shape index (κ1) is 9.56. The second-order valence-electron chi connectivity index (χ2n) is 2.82. The lowest BCUT2D eigenvalue weighted by Crippen LogP contribution is -1.84. The maximum Gasteiger partial charge on any atom is 0.126 e. The van der Waals surface area contributed by atoms with Gasteiger partial charge in [-0.05, 0) is 0 Å². The van der Waals surface area contributed by atoms with E-state index in [1.165, 1.54) is 20.4 Å². The summed E-state index contributed by atoms with van der Waals surface area (Å²) < 4.78 is 6.74. The summed E-state index contributed by atoms with van der Waals surface area (Å²) in [7, 11) is 8.93. The number of rotatable bonds is 0. The topological polar surface area (TPSA) is 4.93 Å². The van der Waals surface area contributed by atoms with E-state index in [0.29, 0.717) is 0 Å². The third-order valence-electron chi connectivity index (χ3n) is 2.10. The smallest absolute Gasteiger partial charge is 0.126 e. The summed E-state index contributed by atoms with van der Waals surface area (Å²) in [5.41, 5.74) is 2.38. The third-order valence-corrected chi connectivity index (χ3v) is 8.23. The molecule has 0 saturated carbocycles. The first-order chi connectivity index (χ1) is 6.70. The fourth-order valence-corrected chi connectivity index (χ4v) is 7.73. The highest BCUT2D eigenvalue weighted by Crippen LogP contribution is 2.41. The average molecular weight is 294 g/mol. The zero-order chi connectivity index (χ0) is 9.87.